The Morgan fingerprint density at radius 1 is 1.08 bits per heavy atom. The highest BCUT2D eigenvalue weighted by atomic mass is 35.5. The molecule has 0 unspecified atom stereocenters. The van der Waals surface area contributed by atoms with Gasteiger partial charge in [0.15, 0.2) is 11.5 Å². The minimum atomic E-state index is 0.388. The van der Waals surface area contributed by atoms with Gasteiger partial charge in [-0.05, 0) is 30.3 Å². The van der Waals surface area contributed by atoms with E-state index < -0.39 is 0 Å². The zero-order valence-electron chi connectivity index (χ0n) is 13.4. The Hall–Kier alpha value is -2.24. The van der Waals surface area contributed by atoms with E-state index in [1.54, 1.807) is 11.3 Å². The fourth-order valence-corrected chi connectivity index (χ4v) is 3.44. The number of ether oxygens (including phenoxy) is 3. The molecule has 0 spiro atoms. The second-order valence-electron chi connectivity index (χ2n) is 5.56. The van der Waals surface area contributed by atoms with Gasteiger partial charge in [-0.2, -0.15) is 0 Å². The quantitative estimate of drug-likeness (QED) is 0.630. The lowest BCUT2D eigenvalue weighted by atomic mass is 10.1. The number of para-hydroxylation sites is 1. The van der Waals surface area contributed by atoms with Gasteiger partial charge in [0.25, 0.3) is 0 Å². The highest BCUT2D eigenvalue weighted by Crippen LogP contribution is 2.34. The third-order valence-electron chi connectivity index (χ3n) is 3.78. The number of hydrogen-bond acceptors (Lipinski definition) is 5. The Labute approximate surface area is 155 Å². The zero-order valence-corrected chi connectivity index (χ0v) is 15.0. The van der Waals surface area contributed by atoms with Crippen LogP contribution >= 0.6 is 22.9 Å². The number of hydrogen-bond donors (Lipinski definition) is 0. The van der Waals surface area contributed by atoms with Crippen molar-refractivity contribution in [2.45, 2.75) is 13.0 Å². The smallest absolute Gasteiger partial charge is 0.161 e. The van der Waals surface area contributed by atoms with E-state index in [1.807, 2.05) is 47.8 Å². The summed E-state index contributed by atoms with van der Waals surface area (Å²) in [6.07, 6.45) is 0.893. The molecule has 4 nitrogen and oxygen atoms in total. The molecule has 6 heteroatoms. The SMILES string of the molecule is Clc1ccccc1OCc1nc(-c2ccc3c(c2)OCCCO3)cs1. The molecule has 1 aliphatic heterocycles. The van der Waals surface area contributed by atoms with Crippen molar-refractivity contribution in [1.29, 1.82) is 0 Å². The van der Waals surface area contributed by atoms with Gasteiger partial charge in [0.05, 0.1) is 23.9 Å². The van der Waals surface area contributed by atoms with Crippen LogP contribution in [0.3, 0.4) is 0 Å². The summed E-state index contributed by atoms with van der Waals surface area (Å²) in [6.45, 7) is 1.75. The lowest BCUT2D eigenvalue weighted by Gasteiger charge is -2.08. The van der Waals surface area contributed by atoms with Gasteiger partial charge in [-0.15, -0.1) is 11.3 Å². The maximum atomic E-state index is 6.10. The molecular formula is C19H16ClNO3S. The van der Waals surface area contributed by atoms with Gasteiger partial charge < -0.3 is 14.2 Å². The summed E-state index contributed by atoms with van der Waals surface area (Å²) in [6, 6.07) is 13.3. The van der Waals surface area contributed by atoms with Crippen molar-refractivity contribution in [3.8, 4) is 28.5 Å². The Morgan fingerprint density at radius 3 is 2.80 bits per heavy atom. The molecule has 4 rings (SSSR count). The Bertz CT molecular complexity index is 881. The molecule has 2 aromatic carbocycles. The predicted molar refractivity (Wildman–Crippen MR) is 98.9 cm³/mol. The van der Waals surface area contributed by atoms with Crippen molar-refractivity contribution >= 4 is 22.9 Å². The lowest BCUT2D eigenvalue weighted by molar-refractivity contribution is 0.297. The summed E-state index contributed by atoms with van der Waals surface area (Å²) >= 11 is 7.66. The molecule has 0 amide bonds. The van der Waals surface area contributed by atoms with Gasteiger partial charge in [-0.1, -0.05) is 23.7 Å². The molecule has 3 aromatic rings. The molecule has 2 heterocycles. The summed E-state index contributed by atoms with van der Waals surface area (Å²) in [5.74, 6) is 2.23. The van der Waals surface area contributed by atoms with Crippen LogP contribution in [0.2, 0.25) is 5.02 Å². The van der Waals surface area contributed by atoms with Crippen molar-refractivity contribution in [2.24, 2.45) is 0 Å². The lowest BCUT2D eigenvalue weighted by Crippen LogP contribution is -1.97. The first kappa shape index (κ1) is 16.2. The standard InChI is InChI=1S/C19H16ClNO3S/c20-14-4-1-2-5-16(14)24-11-19-21-15(12-25-19)13-6-7-17-18(10-13)23-9-3-8-22-17/h1-2,4-7,10,12H,3,8-9,11H2. The van der Waals surface area contributed by atoms with Crippen molar-refractivity contribution in [1.82, 2.24) is 4.98 Å². The number of nitrogens with zero attached hydrogens (tertiary/aromatic N) is 1. The molecule has 0 saturated heterocycles. The second kappa shape index (κ2) is 7.33. The number of rotatable bonds is 4. The van der Waals surface area contributed by atoms with E-state index in [1.165, 1.54) is 0 Å². The van der Waals surface area contributed by atoms with Gasteiger partial charge >= 0.3 is 0 Å². The fraction of sp³-hybridized carbons (Fsp3) is 0.211. The highest BCUT2D eigenvalue weighted by molar-refractivity contribution is 7.09. The van der Waals surface area contributed by atoms with Gasteiger partial charge in [0.1, 0.15) is 17.4 Å². The Morgan fingerprint density at radius 2 is 1.92 bits per heavy atom. The molecule has 0 atom stereocenters. The Balaban J connectivity index is 1.49. The normalized spacial score (nSPS) is 13.3. The summed E-state index contributed by atoms with van der Waals surface area (Å²) in [5.41, 5.74) is 1.91. The second-order valence-corrected chi connectivity index (χ2v) is 6.91. The summed E-state index contributed by atoms with van der Waals surface area (Å²) in [4.78, 5) is 4.65. The maximum Gasteiger partial charge on any atom is 0.161 e. The topological polar surface area (TPSA) is 40.6 Å². The van der Waals surface area contributed by atoms with Crippen molar-refractivity contribution in [2.75, 3.05) is 13.2 Å². The number of halogens is 1. The molecule has 0 radical (unpaired) electrons. The molecule has 25 heavy (non-hydrogen) atoms. The van der Waals surface area contributed by atoms with E-state index in [4.69, 9.17) is 25.8 Å². The molecule has 128 valence electrons. The fourth-order valence-electron chi connectivity index (χ4n) is 2.53. The summed E-state index contributed by atoms with van der Waals surface area (Å²) in [7, 11) is 0. The Kier molecular flexibility index (Phi) is 4.76. The van der Waals surface area contributed by atoms with Crippen LogP contribution in [0.5, 0.6) is 17.2 Å². The van der Waals surface area contributed by atoms with E-state index in [-0.39, 0.29) is 0 Å². The van der Waals surface area contributed by atoms with E-state index in [0.29, 0.717) is 30.6 Å². The summed E-state index contributed by atoms with van der Waals surface area (Å²) in [5, 5.41) is 3.51. The average molecular weight is 374 g/mol. The van der Waals surface area contributed by atoms with Crippen LogP contribution in [0, 0.1) is 0 Å². The molecule has 0 fully saturated rings. The molecule has 0 saturated carbocycles. The van der Waals surface area contributed by atoms with Crippen molar-refractivity contribution in [3.63, 3.8) is 0 Å². The van der Waals surface area contributed by atoms with Crippen LogP contribution in [0.4, 0.5) is 0 Å². The van der Waals surface area contributed by atoms with Crippen LogP contribution in [0.25, 0.3) is 11.3 Å². The maximum absolute atomic E-state index is 6.10. The third-order valence-corrected chi connectivity index (χ3v) is 4.92. The largest absolute Gasteiger partial charge is 0.490 e. The number of aromatic nitrogens is 1. The van der Waals surface area contributed by atoms with Gasteiger partial charge in [-0.3, -0.25) is 0 Å². The van der Waals surface area contributed by atoms with Crippen molar-refractivity contribution in [3.05, 3.63) is 57.9 Å². The summed E-state index contributed by atoms with van der Waals surface area (Å²) < 4.78 is 17.2. The minimum Gasteiger partial charge on any atom is -0.490 e. The number of fused-ring (bicyclic) bond motifs is 1. The highest BCUT2D eigenvalue weighted by Gasteiger charge is 2.13. The van der Waals surface area contributed by atoms with Crippen LogP contribution < -0.4 is 14.2 Å². The van der Waals surface area contributed by atoms with Crippen LogP contribution in [0.1, 0.15) is 11.4 Å². The first-order valence-electron chi connectivity index (χ1n) is 8.01. The van der Waals surface area contributed by atoms with Crippen LogP contribution in [0.15, 0.2) is 47.8 Å². The van der Waals surface area contributed by atoms with Crippen LogP contribution in [-0.2, 0) is 6.61 Å². The van der Waals surface area contributed by atoms with E-state index in [0.717, 1.165) is 34.2 Å². The molecule has 1 aromatic heterocycles. The average Bonchev–Trinajstić information content (AvgIpc) is 2.98. The molecule has 1 aliphatic rings. The number of thiazole rings is 1. The van der Waals surface area contributed by atoms with E-state index >= 15 is 0 Å². The molecule has 0 aliphatic carbocycles. The van der Waals surface area contributed by atoms with E-state index in [2.05, 4.69) is 4.98 Å². The minimum absolute atomic E-state index is 0.388. The zero-order chi connectivity index (χ0) is 17.1. The first-order valence-corrected chi connectivity index (χ1v) is 9.27. The monoisotopic (exact) mass is 373 g/mol. The van der Waals surface area contributed by atoms with Gasteiger partial charge in [0.2, 0.25) is 0 Å². The molecule has 0 N–H and O–H groups in total. The predicted octanol–water partition coefficient (Wildman–Crippen LogP) is 5.20. The van der Waals surface area contributed by atoms with E-state index in [9.17, 15) is 0 Å². The van der Waals surface area contributed by atoms with Gasteiger partial charge in [-0.25, -0.2) is 4.98 Å². The van der Waals surface area contributed by atoms with Gasteiger partial charge in [0, 0.05) is 17.4 Å². The molecular weight excluding hydrogens is 358 g/mol. The van der Waals surface area contributed by atoms with Crippen molar-refractivity contribution < 1.29 is 14.2 Å². The van der Waals surface area contributed by atoms with Crippen LogP contribution in [-0.4, -0.2) is 18.2 Å². The third kappa shape index (κ3) is 3.72. The first-order chi connectivity index (χ1) is 12.3. The number of benzene rings is 2. The molecule has 0 bridgehead atoms.